The summed E-state index contributed by atoms with van der Waals surface area (Å²) >= 11 is 0. The summed E-state index contributed by atoms with van der Waals surface area (Å²) in [5.74, 6) is 1.40. The van der Waals surface area contributed by atoms with Gasteiger partial charge in [-0.2, -0.15) is 0 Å². The molecule has 0 spiro atoms. The second-order valence-electron chi connectivity index (χ2n) is 21.7. The summed E-state index contributed by atoms with van der Waals surface area (Å²) in [6, 6.07) is 53.2. The molecular weight excluding hydrogens is 1050 g/mol. The molecular formula is C72H104N2O8S. The third-order valence-corrected chi connectivity index (χ3v) is 15.0. The van der Waals surface area contributed by atoms with Gasteiger partial charge in [-0.05, 0) is 97.2 Å². The lowest BCUT2D eigenvalue weighted by atomic mass is 10.1. The summed E-state index contributed by atoms with van der Waals surface area (Å²) in [5.41, 5.74) is 0. The molecule has 0 aliphatic rings. The average Bonchev–Trinajstić information content (AvgIpc) is 3.63. The van der Waals surface area contributed by atoms with Crippen LogP contribution in [0.15, 0.2) is 170 Å². The summed E-state index contributed by atoms with van der Waals surface area (Å²) < 4.78 is 36.9. The molecule has 4 N–H and O–H groups in total. The lowest BCUT2D eigenvalue weighted by Crippen LogP contribution is -2.50. The van der Waals surface area contributed by atoms with Crippen LogP contribution in [0.3, 0.4) is 0 Å². The van der Waals surface area contributed by atoms with E-state index in [4.69, 9.17) is 17.5 Å². The lowest BCUT2D eigenvalue weighted by molar-refractivity contribution is -0.929. The third-order valence-electron chi connectivity index (χ3n) is 15.0. The van der Waals surface area contributed by atoms with Crippen LogP contribution in [0.2, 0.25) is 0 Å². The molecule has 83 heavy (non-hydrogen) atoms. The fourth-order valence-electron chi connectivity index (χ4n) is 10.1. The van der Waals surface area contributed by atoms with Crippen molar-refractivity contribution in [1.29, 1.82) is 0 Å². The SMILES string of the molecule is CCCC[N+](CCCC)(CCCC)CCCC.CCCC[N+](CCCC)(CCCC)CCCC.O=S(=O)([O-])[O-].Oc1cccc2ccccc12.Oc1cccc2ccccc12.Oc1cccc2ccccc12.Oc1cccc2ccccc12. The molecule has 0 saturated heterocycles. The van der Waals surface area contributed by atoms with E-state index in [0.29, 0.717) is 23.0 Å². The van der Waals surface area contributed by atoms with Gasteiger partial charge in [0.05, 0.1) is 52.4 Å². The molecule has 8 aromatic carbocycles. The number of rotatable bonds is 24. The quantitative estimate of drug-likeness (QED) is 0.0264. The van der Waals surface area contributed by atoms with Gasteiger partial charge in [0.15, 0.2) is 0 Å². The first-order valence-corrected chi connectivity index (χ1v) is 32.4. The van der Waals surface area contributed by atoms with Gasteiger partial charge in [0.2, 0.25) is 0 Å². The fourth-order valence-corrected chi connectivity index (χ4v) is 10.1. The van der Waals surface area contributed by atoms with Gasteiger partial charge in [-0.25, -0.2) is 0 Å². The second-order valence-corrected chi connectivity index (χ2v) is 22.5. The summed E-state index contributed by atoms with van der Waals surface area (Å²) in [6.07, 6.45) is 22.1. The number of unbranched alkanes of at least 4 members (excludes halogenated alkanes) is 8. The summed E-state index contributed by atoms with van der Waals surface area (Å²) in [5, 5.41) is 45.4. The van der Waals surface area contributed by atoms with E-state index in [1.807, 2.05) is 146 Å². The van der Waals surface area contributed by atoms with E-state index in [-0.39, 0.29) is 0 Å². The van der Waals surface area contributed by atoms with Gasteiger partial charge in [-0.1, -0.05) is 252 Å². The first kappa shape index (κ1) is 72.9. The lowest BCUT2D eigenvalue weighted by Gasteiger charge is -2.39. The molecule has 0 unspecified atom stereocenters. The van der Waals surface area contributed by atoms with Gasteiger partial charge in [-0.3, -0.25) is 8.42 Å². The number of hydrogen-bond donors (Lipinski definition) is 4. The van der Waals surface area contributed by atoms with Gasteiger partial charge in [0.25, 0.3) is 0 Å². The van der Waals surface area contributed by atoms with E-state index in [0.717, 1.165) is 43.1 Å². The third kappa shape index (κ3) is 29.7. The minimum Gasteiger partial charge on any atom is -0.759 e. The number of phenolic OH excluding ortho intramolecular Hbond substituents is 4. The number of quaternary nitrogens is 2. The van der Waals surface area contributed by atoms with Crippen molar-refractivity contribution in [1.82, 2.24) is 0 Å². The van der Waals surface area contributed by atoms with Crippen molar-refractivity contribution in [3.8, 4) is 23.0 Å². The van der Waals surface area contributed by atoms with Crippen molar-refractivity contribution in [2.45, 2.75) is 158 Å². The first-order valence-electron chi connectivity index (χ1n) is 31.0. The maximum absolute atomic E-state index is 9.37. The molecule has 0 atom stereocenters. The van der Waals surface area contributed by atoms with Crippen molar-refractivity contribution in [2.75, 3.05) is 52.4 Å². The Hall–Kier alpha value is -6.21. The summed E-state index contributed by atoms with van der Waals surface area (Å²) in [4.78, 5) is 0. The molecule has 8 aromatic rings. The molecule has 8 rings (SSSR count). The Morgan fingerprint density at radius 2 is 0.422 bits per heavy atom. The van der Waals surface area contributed by atoms with Gasteiger partial charge < -0.3 is 38.5 Å². The van der Waals surface area contributed by atoms with E-state index in [2.05, 4.69) is 55.4 Å². The molecule has 0 radical (unpaired) electrons. The van der Waals surface area contributed by atoms with Crippen LogP contribution in [0, 0.1) is 0 Å². The van der Waals surface area contributed by atoms with Gasteiger partial charge in [0, 0.05) is 31.9 Å². The highest BCUT2D eigenvalue weighted by Gasteiger charge is 2.26. The molecule has 0 heterocycles. The van der Waals surface area contributed by atoms with Crippen LogP contribution in [0.5, 0.6) is 23.0 Å². The van der Waals surface area contributed by atoms with Crippen LogP contribution in [0.4, 0.5) is 0 Å². The van der Waals surface area contributed by atoms with Crippen molar-refractivity contribution in [3.05, 3.63) is 170 Å². The smallest absolute Gasteiger partial charge is 0.123 e. The summed E-state index contributed by atoms with van der Waals surface area (Å²) in [7, 11) is -5.17. The summed E-state index contributed by atoms with van der Waals surface area (Å²) in [6.45, 7) is 30.0. The second kappa shape index (κ2) is 42.6. The number of hydrogen-bond acceptors (Lipinski definition) is 8. The molecule has 0 fully saturated rings. The Balaban J connectivity index is 0.000000337. The van der Waals surface area contributed by atoms with Crippen molar-refractivity contribution < 1.29 is 46.9 Å². The predicted molar refractivity (Wildman–Crippen MR) is 352 cm³/mol. The number of aromatic hydroxyl groups is 4. The topological polar surface area (TPSA) is 161 Å². The van der Waals surface area contributed by atoms with Gasteiger partial charge in [0.1, 0.15) is 23.0 Å². The fraction of sp³-hybridized carbons (Fsp3) is 0.444. The molecule has 0 bridgehead atoms. The standard InChI is InChI=1S/2C16H36N.4C10H8O.H2O4S/c2*1-5-9-13-17(14-10-6-2,15-11-7-3)16-12-8-4;4*11-10-7-3-5-8-4-1-2-6-9(8)10;1-5(2,3)4/h2*5-16H2,1-4H3;4*1-7,11H;(H2,1,2,3,4)/q2*+1;;;;;/p-2. The van der Waals surface area contributed by atoms with Gasteiger partial charge >= 0.3 is 0 Å². The van der Waals surface area contributed by atoms with Crippen LogP contribution in [-0.2, 0) is 10.4 Å². The first-order chi connectivity index (χ1) is 40.0. The van der Waals surface area contributed by atoms with Crippen molar-refractivity contribution in [3.63, 3.8) is 0 Å². The highest BCUT2D eigenvalue weighted by atomic mass is 32.3. The Morgan fingerprint density at radius 3 is 0.566 bits per heavy atom. The largest absolute Gasteiger partial charge is 0.759 e. The van der Waals surface area contributed by atoms with Crippen LogP contribution < -0.4 is 0 Å². The maximum Gasteiger partial charge on any atom is 0.123 e. The minimum atomic E-state index is -5.17. The van der Waals surface area contributed by atoms with E-state index in [1.165, 1.54) is 164 Å². The van der Waals surface area contributed by atoms with Crippen LogP contribution >= 0.6 is 0 Å². The van der Waals surface area contributed by atoms with E-state index in [9.17, 15) is 20.4 Å². The monoisotopic (exact) mass is 1160 g/mol. The van der Waals surface area contributed by atoms with Crippen molar-refractivity contribution in [2.24, 2.45) is 0 Å². The zero-order valence-electron chi connectivity index (χ0n) is 51.9. The van der Waals surface area contributed by atoms with E-state index < -0.39 is 10.4 Å². The molecule has 0 aliphatic carbocycles. The zero-order valence-corrected chi connectivity index (χ0v) is 52.7. The Bertz CT molecular complexity index is 2610. The molecule has 0 aliphatic heterocycles. The van der Waals surface area contributed by atoms with Crippen molar-refractivity contribution >= 4 is 53.5 Å². The Morgan fingerprint density at radius 1 is 0.277 bits per heavy atom. The molecule has 456 valence electrons. The number of nitrogens with zero attached hydrogens (tertiary/aromatic N) is 2. The molecule has 0 saturated carbocycles. The van der Waals surface area contributed by atoms with Crippen LogP contribution in [0.25, 0.3) is 43.1 Å². The minimum absolute atomic E-state index is 0.350. The van der Waals surface area contributed by atoms with Crippen LogP contribution in [0.1, 0.15) is 158 Å². The number of benzene rings is 8. The number of phenols is 4. The van der Waals surface area contributed by atoms with Crippen LogP contribution in [-0.4, -0.2) is 99.3 Å². The van der Waals surface area contributed by atoms with Gasteiger partial charge in [-0.15, -0.1) is 0 Å². The van der Waals surface area contributed by atoms with E-state index >= 15 is 0 Å². The highest BCUT2D eigenvalue weighted by Crippen LogP contribution is 2.26. The predicted octanol–water partition coefficient (Wildman–Crippen LogP) is 18.9. The Kier molecular flexibility index (Phi) is 37.4. The molecule has 0 amide bonds. The average molecular weight is 1160 g/mol. The molecule has 10 nitrogen and oxygen atoms in total. The normalized spacial score (nSPS) is 11.0. The molecule has 11 heteroatoms. The highest BCUT2D eigenvalue weighted by molar-refractivity contribution is 7.79. The zero-order chi connectivity index (χ0) is 61.2. The van der Waals surface area contributed by atoms with E-state index in [1.54, 1.807) is 24.3 Å². The molecule has 0 aromatic heterocycles. The number of fused-ring (bicyclic) bond motifs is 4. The maximum atomic E-state index is 9.37. The Labute approximate surface area is 501 Å².